The molecule has 0 aliphatic heterocycles. The quantitative estimate of drug-likeness (QED) is 0.699. The zero-order chi connectivity index (χ0) is 10.8. The molecule has 1 aromatic heterocycles. The van der Waals surface area contributed by atoms with E-state index in [2.05, 4.69) is 9.97 Å². The van der Waals surface area contributed by atoms with Gasteiger partial charge in [-0.15, -0.1) is 0 Å². The van der Waals surface area contributed by atoms with Gasteiger partial charge in [0.05, 0.1) is 16.7 Å². The third kappa shape index (κ3) is 1.73. The van der Waals surface area contributed by atoms with Crippen LogP contribution in [-0.4, -0.2) is 15.8 Å². The molecule has 0 N–H and O–H groups in total. The van der Waals surface area contributed by atoms with Gasteiger partial charge in [-0.2, -0.15) is 0 Å². The highest BCUT2D eigenvalue weighted by atomic mass is 16.1. The molecule has 0 aliphatic rings. The number of fused-ring (bicyclic) bond motifs is 1. The smallest absolute Gasteiger partial charge is 0.182 e. The van der Waals surface area contributed by atoms with E-state index in [0.29, 0.717) is 17.8 Å². The van der Waals surface area contributed by atoms with Gasteiger partial charge in [0.2, 0.25) is 0 Å². The Labute approximate surface area is 88.2 Å². The average molecular weight is 200 g/mol. The summed E-state index contributed by atoms with van der Waals surface area (Å²) in [5.41, 5.74) is 2.82. The monoisotopic (exact) mass is 200 g/mol. The first kappa shape index (κ1) is 9.77. The van der Waals surface area contributed by atoms with Crippen LogP contribution >= 0.6 is 0 Å². The predicted molar refractivity (Wildman–Crippen MR) is 58.9 cm³/mol. The van der Waals surface area contributed by atoms with Gasteiger partial charge in [-0.05, 0) is 19.1 Å². The fraction of sp³-hybridized carbons (Fsp3) is 0.250. The van der Waals surface area contributed by atoms with Gasteiger partial charge in [0.25, 0.3) is 0 Å². The van der Waals surface area contributed by atoms with Gasteiger partial charge < -0.3 is 0 Å². The molecule has 2 aromatic rings. The standard InChI is InChI=1S/C12H12N2O/c1-3-11(15)12-8(2)13-9-6-4-5-7-10(9)14-12/h4-7H,3H2,1-2H3. The van der Waals surface area contributed by atoms with Crippen LogP contribution in [0.25, 0.3) is 11.0 Å². The van der Waals surface area contributed by atoms with E-state index in [1.807, 2.05) is 38.1 Å². The molecule has 15 heavy (non-hydrogen) atoms. The van der Waals surface area contributed by atoms with Crippen molar-refractivity contribution in [2.75, 3.05) is 0 Å². The van der Waals surface area contributed by atoms with Crippen LogP contribution in [0.15, 0.2) is 24.3 Å². The average Bonchev–Trinajstić information content (AvgIpc) is 2.27. The minimum absolute atomic E-state index is 0.0470. The van der Waals surface area contributed by atoms with Crippen molar-refractivity contribution in [2.45, 2.75) is 20.3 Å². The molecule has 3 heteroatoms. The molecule has 0 atom stereocenters. The summed E-state index contributed by atoms with van der Waals surface area (Å²) in [6.45, 7) is 3.65. The van der Waals surface area contributed by atoms with Gasteiger partial charge in [-0.25, -0.2) is 9.97 Å². The number of para-hydroxylation sites is 2. The molecule has 1 heterocycles. The van der Waals surface area contributed by atoms with Crippen molar-refractivity contribution in [3.63, 3.8) is 0 Å². The number of benzene rings is 1. The van der Waals surface area contributed by atoms with Crippen molar-refractivity contribution >= 4 is 16.8 Å². The van der Waals surface area contributed by atoms with Crippen LogP contribution in [0, 0.1) is 6.92 Å². The Bertz CT molecular complexity index is 520. The Balaban J connectivity index is 2.67. The minimum atomic E-state index is 0.0470. The summed E-state index contributed by atoms with van der Waals surface area (Å²) in [4.78, 5) is 20.3. The number of aryl methyl sites for hydroxylation is 1. The second-order valence-corrected chi connectivity index (χ2v) is 3.42. The summed E-state index contributed by atoms with van der Waals surface area (Å²) in [5.74, 6) is 0.0470. The maximum atomic E-state index is 11.6. The van der Waals surface area contributed by atoms with Crippen molar-refractivity contribution in [3.8, 4) is 0 Å². The van der Waals surface area contributed by atoms with Crippen LogP contribution in [0.4, 0.5) is 0 Å². The molecule has 1 aromatic carbocycles. The van der Waals surface area contributed by atoms with E-state index >= 15 is 0 Å². The normalized spacial score (nSPS) is 10.5. The zero-order valence-electron chi connectivity index (χ0n) is 8.82. The summed E-state index contributed by atoms with van der Waals surface area (Å²) in [6.07, 6.45) is 0.466. The Morgan fingerprint density at radius 3 is 2.40 bits per heavy atom. The Morgan fingerprint density at radius 1 is 1.20 bits per heavy atom. The van der Waals surface area contributed by atoms with Crippen molar-refractivity contribution < 1.29 is 4.79 Å². The molecule has 0 bridgehead atoms. The summed E-state index contributed by atoms with van der Waals surface area (Å²) >= 11 is 0. The van der Waals surface area contributed by atoms with E-state index in [9.17, 15) is 4.79 Å². The highest BCUT2D eigenvalue weighted by Gasteiger charge is 2.10. The number of Topliss-reactive ketones (excluding diaryl/α,β-unsaturated/α-hetero) is 1. The van der Waals surface area contributed by atoms with Gasteiger partial charge in [0.1, 0.15) is 5.69 Å². The lowest BCUT2D eigenvalue weighted by atomic mass is 10.1. The van der Waals surface area contributed by atoms with Crippen molar-refractivity contribution in [2.24, 2.45) is 0 Å². The minimum Gasteiger partial charge on any atom is -0.292 e. The molecular formula is C12H12N2O. The molecule has 3 nitrogen and oxygen atoms in total. The Morgan fingerprint density at radius 2 is 1.80 bits per heavy atom. The van der Waals surface area contributed by atoms with Crippen LogP contribution in [0.2, 0.25) is 0 Å². The maximum absolute atomic E-state index is 11.6. The lowest BCUT2D eigenvalue weighted by molar-refractivity contribution is 0.0982. The van der Waals surface area contributed by atoms with Crippen LogP contribution in [0.5, 0.6) is 0 Å². The molecule has 2 rings (SSSR count). The van der Waals surface area contributed by atoms with Crippen molar-refractivity contribution in [1.29, 1.82) is 0 Å². The number of ketones is 1. The molecule has 0 saturated heterocycles. The Kier molecular flexibility index (Phi) is 2.46. The largest absolute Gasteiger partial charge is 0.292 e. The van der Waals surface area contributed by atoms with E-state index in [0.717, 1.165) is 11.0 Å². The van der Waals surface area contributed by atoms with Crippen LogP contribution in [0.1, 0.15) is 29.5 Å². The third-order valence-corrected chi connectivity index (χ3v) is 2.33. The summed E-state index contributed by atoms with van der Waals surface area (Å²) in [6, 6.07) is 7.58. The van der Waals surface area contributed by atoms with E-state index in [1.54, 1.807) is 0 Å². The highest BCUT2D eigenvalue weighted by Crippen LogP contribution is 2.13. The lowest BCUT2D eigenvalue weighted by Gasteiger charge is -2.03. The summed E-state index contributed by atoms with van der Waals surface area (Å²) in [7, 11) is 0. The number of carbonyl (C=O) groups excluding carboxylic acids is 1. The number of carbonyl (C=O) groups is 1. The number of aromatic nitrogens is 2. The fourth-order valence-electron chi connectivity index (χ4n) is 1.52. The first-order valence-electron chi connectivity index (χ1n) is 4.99. The molecule has 0 saturated carbocycles. The van der Waals surface area contributed by atoms with Gasteiger partial charge in [0.15, 0.2) is 5.78 Å². The number of hydrogen-bond donors (Lipinski definition) is 0. The van der Waals surface area contributed by atoms with Gasteiger partial charge in [-0.3, -0.25) is 4.79 Å². The molecule has 0 unspecified atom stereocenters. The van der Waals surface area contributed by atoms with Crippen LogP contribution < -0.4 is 0 Å². The predicted octanol–water partition coefficient (Wildman–Crippen LogP) is 2.53. The molecule has 0 aliphatic carbocycles. The highest BCUT2D eigenvalue weighted by molar-refractivity contribution is 5.96. The zero-order valence-corrected chi connectivity index (χ0v) is 8.82. The molecule has 0 fully saturated rings. The molecule has 0 radical (unpaired) electrons. The van der Waals surface area contributed by atoms with Gasteiger partial charge >= 0.3 is 0 Å². The van der Waals surface area contributed by atoms with Crippen molar-refractivity contribution in [1.82, 2.24) is 9.97 Å². The molecular weight excluding hydrogens is 188 g/mol. The number of hydrogen-bond acceptors (Lipinski definition) is 3. The SMILES string of the molecule is CCC(=O)c1nc2ccccc2nc1C. The number of rotatable bonds is 2. The van der Waals surface area contributed by atoms with E-state index in [1.165, 1.54) is 0 Å². The molecule has 0 amide bonds. The number of nitrogens with zero attached hydrogens (tertiary/aromatic N) is 2. The molecule has 76 valence electrons. The van der Waals surface area contributed by atoms with Crippen molar-refractivity contribution in [3.05, 3.63) is 35.7 Å². The summed E-state index contributed by atoms with van der Waals surface area (Å²) in [5, 5.41) is 0. The maximum Gasteiger partial charge on any atom is 0.182 e. The van der Waals surface area contributed by atoms with E-state index in [-0.39, 0.29) is 5.78 Å². The lowest BCUT2D eigenvalue weighted by Crippen LogP contribution is -2.05. The summed E-state index contributed by atoms with van der Waals surface area (Å²) < 4.78 is 0. The Hall–Kier alpha value is -1.77. The fourth-order valence-corrected chi connectivity index (χ4v) is 1.52. The second kappa shape index (κ2) is 3.77. The first-order valence-corrected chi connectivity index (χ1v) is 4.99. The van der Waals surface area contributed by atoms with Crippen LogP contribution in [0.3, 0.4) is 0 Å². The second-order valence-electron chi connectivity index (χ2n) is 3.42. The van der Waals surface area contributed by atoms with Crippen LogP contribution in [-0.2, 0) is 0 Å². The van der Waals surface area contributed by atoms with E-state index in [4.69, 9.17) is 0 Å². The topological polar surface area (TPSA) is 42.9 Å². The third-order valence-electron chi connectivity index (χ3n) is 2.33. The molecule has 0 spiro atoms. The first-order chi connectivity index (χ1) is 7.22. The van der Waals surface area contributed by atoms with E-state index < -0.39 is 0 Å². The van der Waals surface area contributed by atoms with Gasteiger partial charge in [0, 0.05) is 6.42 Å². The van der Waals surface area contributed by atoms with Gasteiger partial charge in [-0.1, -0.05) is 19.1 Å².